The fourth-order valence-corrected chi connectivity index (χ4v) is 4.59. The van der Waals surface area contributed by atoms with Gasteiger partial charge in [0.2, 0.25) is 0 Å². The van der Waals surface area contributed by atoms with Crippen LogP contribution in [0.4, 0.5) is 29.1 Å². The Kier molecular flexibility index (Phi) is 9.07. The molecule has 4 rings (SSSR count). The maximum atomic E-state index is 14.0. The second-order valence-electron chi connectivity index (χ2n) is 8.30. The minimum absolute atomic E-state index is 0.0853. The first-order chi connectivity index (χ1) is 17.4. The van der Waals surface area contributed by atoms with Crippen LogP contribution in [-0.4, -0.2) is 39.8 Å². The Hall–Kier alpha value is -3.26. The summed E-state index contributed by atoms with van der Waals surface area (Å²) in [5.74, 6) is -3.78. The Balaban J connectivity index is 0.000000319. The molecule has 0 amide bonds. The maximum Gasteiger partial charge on any atom is 0.391 e. The molecule has 2 aromatic carbocycles. The maximum absolute atomic E-state index is 14.0. The smallest absolute Gasteiger partial charge is 0.391 e. The zero-order valence-corrected chi connectivity index (χ0v) is 20.5. The van der Waals surface area contributed by atoms with Gasteiger partial charge in [-0.15, -0.1) is 21.8 Å². The summed E-state index contributed by atoms with van der Waals surface area (Å²) in [5.41, 5.74) is 2.28. The average Bonchev–Trinajstić information content (AvgIpc) is 3.36. The van der Waals surface area contributed by atoms with Crippen molar-refractivity contribution >= 4 is 28.8 Å². The number of aromatic nitrogens is 1. The summed E-state index contributed by atoms with van der Waals surface area (Å²) in [4.78, 5) is 13.3. The Morgan fingerprint density at radius 2 is 1.78 bits per heavy atom. The summed E-state index contributed by atoms with van der Waals surface area (Å²) in [6.07, 6.45) is -0.742. The highest BCUT2D eigenvalue weighted by molar-refractivity contribution is 7.13. The van der Waals surface area contributed by atoms with Crippen LogP contribution in [0, 0.1) is 11.7 Å². The fourth-order valence-electron chi connectivity index (χ4n) is 3.75. The number of carboxylic acid groups (broad SMARTS) is 1. The third-order valence-corrected chi connectivity index (χ3v) is 6.58. The Morgan fingerprint density at radius 1 is 1.14 bits per heavy atom. The number of methoxy groups -OCH3 is 1. The molecule has 1 aromatic heterocycles. The number of alkyl halides is 3. The van der Waals surface area contributed by atoms with Crippen LogP contribution in [0.2, 0.25) is 0 Å². The van der Waals surface area contributed by atoms with Gasteiger partial charge in [-0.25, -0.2) is 9.18 Å². The lowest BCUT2D eigenvalue weighted by molar-refractivity contribution is -0.274. The van der Waals surface area contributed by atoms with Crippen LogP contribution in [0.3, 0.4) is 0 Å². The molecule has 8 nitrogen and oxygen atoms in total. The number of quaternary nitrogens is 1. The molecule has 1 heterocycles. The van der Waals surface area contributed by atoms with Crippen LogP contribution in [0.25, 0.3) is 10.6 Å². The normalized spacial score (nSPS) is 14.5. The Bertz CT molecular complexity index is 1200. The molecule has 0 aliphatic heterocycles. The number of aromatic carboxylic acids is 1. The minimum Gasteiger partial charge on any atom is -0.494 e. The predicted octanol–water partition coefficient (Wildman–Crippen LogP) is 6.90. The highest BCUT2D eigenvalue weighted by Crippen LogP contribution is 2.37. The third kappa shape index (κ3) is 7.38. The number of nitrogens with one attached hydrogen (secondary N) is 1. The van der Waals surface area contributed by atoms with Gasteiger partial charge in [-0.2, -0.15) is 23.6 Å². The van der Waals surface area contributed by atoms with Crippen LogP contribution in [0.1, 0.15) is 42.5 Å². The van der Waals surface area contributed by atoms with Gasteiger partial charge in [0.15, 0.2) is 0 Å². The van der Waals surface area contributed by atoms with Gasteiger partial charge in [-0.05, 0) is 18.9 Å². The summed E-state index contributed by atoms with van der Waals surface area (Å²) in [5, 5.41) is 31.6. The first-order valence-electron chi connectivity index (χ1n) is 11.2. The highest BCUT2D eigenvalue weighted by Gasteiger charge is 2.39. The summed E-state index contributed by atoms with van der Waals surface area (Å²) in [7, 11) is 1.24. The number of benzene rings is 2. The van der Waals surface area contributed by atoms with Crippen molar-refractivity contribution in [2.75, 3.05) is 12.5 Å². The molecule has 0 atom stereocenters. The van der Waals surface area contributed by atoms with Crippen molar-refractivity contribution in [3.8, 4) is 16.3 Å². The van der Waals surface area contributed by atoms with E-state index in [0.717, 1.165) is 37.0 Å². The molecular formula is C24H26F4N3O5S+. The fraction of sp³-hybridized carbons (Fsp3) is 0.333. The van der Waals surface area contributed by atoms with Crippen molar-refractivity contribution < 1.29 is 42.6 Å². The number of carboxylic acids is 1. The molecule has 37 heavy (non-hydrogen) atoms. The van der Waals surface area contributed by atoms with Crippen molar-refractivity contribution in [3.05, 3.63) is 59.2 Å². The van der Waals surface area contributed by atoms with Gasteiger partial charge in [-0.3, -0.25) is 0 Å². The van der Waals surface area contributed by atoms with Crippen LogP contribution in [0.15, 0.2) is 47.8 Å². The van der Waals surface area contributed by atoms with E-state index in [-0.39, 0.29) is 17.3 Å². The molecule has 1 aliphatic carbocycles. The third-order valence-electron chi connectivity index (χ3n) is 5.70. The van der Waals surface area contributed by atoms with E-state index < -0.39 is 34.4 Å². The van der Waals surface area contributed by atoms with Gasteiger partial charge < -0.3 is 9.84 Å². The molecule has 0 spiro atoms. The number of anilines is 1. The van der Waals surface area contributed by atoms with Crippen molar-refractivity contribution in [2.45, 2.75) is 38.3 Å². The highest BCUT2D eigenvalue weighted by atomic mass is 32.1. The molecule has 0 unspecified atom stereocenters. The lowest BCUT2D eigenvalue weighted by atomic mass is 9.89. The monoisotopic (exact) mass is 544 g/mol. The quantitative estimate of drug-likeness (QED) is 0.152. The first kappa shape index (κ1) is 28.3. The summed E-state index contributed by atoms with van der Waals surface area (Å²) >= 11 is 1.19. The van der Waals surface area contributed by atoms with Gasteiger partial charge in [0.05, 0.1) is 24.0 Å². The molecule has 13 heteroatoms. The lowest BCUT2D eigenvalue weighted by Crippen LogP contribution is -2.48. The van der Waals surface area contributed by atoms with Gasteiger partial charge in [0, 0.05) is 11.6 Å². The van der Waals surface area contributed by atoms with Crippen molar-refractivity contribution in [1.29, 1.82) is 0 Å². The van der Waals surface area contributed by atoms with E-state index in [9.17, 15) is 32.8 Å². The van der Waals surface area contributed by atoms with E-state index in [0.29, 0.717) is 17.8 Å². The lowest BCUT2D eigenvalue weighted by Gasteiger charge is -2.23. The van der Waals surface area contributed by atoms with Crippen molar-refractivity contribution in [3.63, 3.8) is 0 Å². The second kappa shape index (κ2) is 11.9. The van der Waals surface area contributed by atoms with Crippen molar-refractivity contribution in [2.24, 2.45) is 5.92 Å². The number of hydrogen-bond acceptors (Lipinski definition) is 7. The second-order valence-corrected chi connectivity index (χ2v) is 9.16. The molecular weight excluding hydrogens is 518 g/mol. The number of nitrogens with zero attached hydrogens (tertiary/aromatic N) is 2. The minimum atomic E-state index is -3.93. The number of hydrogen-bond donors (Lipinski definition) is 4. The van der Waals surface area contributed by atoms with E-state index in [1.807, 2.05) is 30.3 Å². The largest absolute Gasteiger partial charge is 0.494 e. The molecule has 1 saturated carbocycles. The molecule has 0 saturated heterocycles. The first-order valence-corrected chi connectivity index (χ1v) is 12.1. The van der Waals surface area contributed by atoms with E-state index >= 15 is 0 Å². The van der Waals surface area contributed by atoms with Gasteiger partial charge >= 0.3 is 18.0 Å². The Labute approximate surface area is 213 Å². The number of ether oxygens (including phenoxy) is 1. The number of carbonyl (C=O) groups is 1. The molecule has 0 bridgehead atoms. The SMILES string of the molecule is COc1cc(C(=O)O)c(F)cc1N[N+](O)(O)c1csc(-c2ccccc2)n1.FC(F)(F)C1CCCCC1. The number of thiazole rings is 1. The molecule has 200 valence electrons. The molecule has 1 aliphatic rings. The molecule has 4 N–H and O–H groups in total. The van der Waals surface area contributed by atoms with Crippen LogP contribution >= 0.6 is 11.3 Å². The van der Waals surface area contributed by atoms with Crippen molar-refractivity contribution in [1.82, 2.24) is 9.90 Å². The average molecular weight is 545 g/mol. The standard InChI is InChI=1S/C17H14FN3O5S.C7H11F3/c1-26-14-7-11(17(22)23)12(18)8-13(14)20-21(24,25)15-9-27-16(19-15)10-5-3-2-4-6-10;8-7(9,10)6-4-2-1-3-5-6/h2-9,20,24-25H,1H3;6H,1-5H2/p+1. The molecule has 1 fully saturated rings. The van der Waals surface area contributed by atoms with E-state index in [2.05, 4.69) is 10.4 Å². The van der Waals surface area contributed by atoms with Gasteiger partial charge in [0.25, 0.3) is 0 Å². The number of halogens is 4. The van der Waals surface area contributed by atoms with Crippen LogP contribution in [0.5, 0.6) is 5.75 Å². The Morgan fingerprint density at radius 3 is 2.32 bits per heavy atom. The van der Waals surface area contributed by atoms with Gasteiger partial charge in [-0.1, -0.05) is 49.6 Å². The topological polar surface area (TPSA) is 112 Å². The predicted molar refractivity (Wildman–Crippen MR) is 129 cm³/mol. The summed E-state index contributed by atoms with van der Waals surface area (Å²) in [6, 6.07) is 10.9. The zero-order chi connectivity index (χ0) is 27.2. The summed E-state index contributed by atoms with van der Waals surface area (Å²) in [6.45, 7) is 0. The summed E-state index contributed by atoms with van der Waals surface area (Å²) < 4.78 is 54.8. The molecule has 0 radical (unpaired) electrons. The van der Waals surface area contributed by atoms with Gasteiger partial charge in [0.1, 0.15) is 27.2 Å². The van der Waals surface area contributed by atoms with E-state index in [4.69, 9.17) is 9.84 Å². The van der Waals surface area contributed by atoms with E-state index in [1.165, 1.54) is 23.8 Å². The van der Waals surface area contributed by atoms with Crippen LogP contribution in [-0.2, 0) is 0 Å². The number of rotatable bonds is 6. The molecule has 3 aromatic rings. The van der Waals surface area contributed by atoms with Crippen LogP contribution < -0.4 is 15.1 Å². The zero-order valence-electron chi connectivity index (χ0n) is 19.7. The van der Waals surface area contributed by atoms with E-state index in [1.54, 1.807) is 0 Å².